The number of fused-ring (bicyclic) bond motifs is 4. The summed E-state index contributed by atoms with van der Waals surface area (Å²) in [6.45, 7) is 1.82. The number of aromatic nitrogens is 1. The van der Waals surface area contributed by atoms with Gasteiger partial charge < -0.3 is 9.88 Å². The molecule has 3 atom stereocenters. The molecule has 0 spiro atoms. The highest BCUT2D eigenvalue weighted by Gasteiger charge is 2.44. The quantitative estimate of drug-likeness (QED) is 0.682. The summed E-state index contributed by atoms with van der Waals surface area (Å²) in [6, 6.07) is 11.9. The van der Waals surface area contributed by atoms with Crippen molar-refractivity contribution in [1.29, 1.82) is 0 Å². The number of amides is 1. The molecule has 2 aliphatic rings. The number of hydrogen-bond acceptors (Lipinski definition) is 3. The molecule has 4 rings (SSSR count). The first kappa shape index (κ1) is 21.0. The van der Waals surface area contributed by atoms with Crippen LogP contribution in [0.1, 0.15) is 28.4 Å². The topological polar surface area (TPSA) is 54.3 Å². The van der Waals surface area contributed by atoms with Crippen LogP contribution >= 0.6 is 46.4 Å². The molecule has 2 aromatic rings. The summed E-state index contributed by atoms with van der Waals surface area (Å²) in [6.07, 6.45) is 0.153. The second-order valence-corrected chi connectivity index (χ2v) is 10.4. The van der Waals surface area contributed by atoms with Gasteiger partial charge in [0.25, 0.3) is 11.5 Å². The molecule has 9 heteroatoms. The standard InChI is InChI=1S/C20H19Cl4N3O2/c21-15-4-1-3-13(8-15)18(29)25-19(20(22,23)24)26-9-12-7-14(11-26)16-5-2-6-17(28)27(16)10-12/h1-6,8,12,14,19H,7,9-11H2,(H,25,29)/t12-,14+,19-/m0/s1. The highest BCUT2D eigenvalue weighted by Crippen LogP contribution is 2.40. The fourth-order valence-corrected chi connectivity index (χ4v) is 5.13. The van der Waals surface area contributed by atoms with Crippen LogP contribution in [0, 0.1) is 5.92 Å². The fraction of sp³-hybridized carbons (Fsp3) is 0.400. The van der Waals surface area contributed by atoms with E-state index in [0.717, 1.165) is 12.1 Å². The number of hydrogen-bond donors (Lipinski definition) is 1. The largest absolute Gasteiger partial charge is 0.332 e. The van der Waals surface area contributed by atoms with Gasteiger partial charge in [0.05, 0.1) is 0 Å². The summed E-state index contributed by atoms with van der Waals surface area (Å²) in [5.41, 5.74) is 1.39. The molecule has 29 heavy (non-hydrogen) atoms. The maximum Gasteiger partial charge on any atom is 0.252 e. The summed E-state index contributed by atoms with van der Waals surface area (Å²) in [7, 11) is 0. The van der Waals surface area contributed by atoms with Gasteiger partial charge in [-0.2, -0.15) is 0 Å². The van der Waals surface area contributed by atoms with Crippen molar-refractivity contribution in [2.45, 2.75) is 28.8 Å². The van der Waals surface area contributed by atoms with Crippen LogP contribution in [0.3, 0.4) is 0 Å². The Kier molecular flexibility index (Phi) is 5.88. The van der Waals surface area contributed by atoms with Gasteiger partial charge in [-0.1, -0.05) is 58.5 Å². The third kappa shape index (κ3) is 4.44. The molecule has 0 unspecified atom stereocenters. The van der Waals surface area contributed by atoms with Crippen LogP contribution in [-0.4, -0.2) is 38.4 Å². The van der Waals surface area contributed by atoms with Crippen LogP contribution in [-0.2, 0) is 6.54 Å². The first-order valence-electron chi connectivity index (χ1n) is 9.29. The number of pyridine rings is 1. The Balaban J connectivity index is 1.59. The Morgan fingerprint density at radius 1 is 1.10 bits per heavy atom. The zero-order valence-corrected chi connectivity index (χ0v) is 18.3. The molecule has 5 nitrogen and oxygen atoms in total. The lowest BCUT2D eigenvalue weighted by Crippen LogP contribution is -2.60. The van der Waals surface area contributed by atoms with E-state index in [1.54, 1.807) is 36.4 Å². The number of nitrogens with zero attached hydrogens (tertiary/aromatic N) is 2. The van der Waals surface area contributed by atoms with E-state index in [4.69, 9.17) is 46.4 Å². The maximum absolute atomic E-state index is 12.8. The third-order valence-corrected chi connectivity index (χ3v) is 6.39. The molecule has 1 amide bonds. The molecule has 1 fully saturated rings. The van der Waals surface area contributed by atoms with Gasteiger partial charge in [-0.3, -0.25) is 14.5 Å². The number of benzene rings is 1. The van der Waals surface area contributed by atoms with Gasteiger partial charge in [0.1, 0.15) is 6.17 Å². The summed E-state index contributed by atoms with van der Waals surface area (Å²) < 4.78 is 0.112. The van der Waals surface area contributed by atoms with Crippen molar-refractivity contribution in [3.8, 4) is 0 Å². The molecule has 154 valence electrons. The van der Waals surface area contributed by atoms with Crippen LogP contribution in [0.25, 0.3) is 0 Å². The minimum atomic E-state index is -1.73. The van der Waals surface area contributed by atoms with Crippen molar-refractivity contribution < 1.29 is 4.79 Å². The number of likely N-dealkylation sites (tertiary alicyclic amines) is 1. The molecule has 2 bridgehead atoms. The van der Waals surface area contributed by atoms with E-state index >= 15 is 0 Å². The molecule has 1 aromatic carbocycles. The van der Waals surface area contributed by atoms with Crippen LogP contribution in [0.2, 0.25) is 5.02 Å². The van der Waals surface area contributed by atoms with Gasteiger partial charge >= 0.3 is 0 Å². The number of piperidine rings is 1. The predicted molar refractivity (Wildman–Crippen MR) is 116 cm³/mol. The Hall–Kier alpha value is -1.24. The van der Waals surface area contributed by atoms with Crippen molar-refractivity contribution in [2.24, 2.45) is 5.92 Å². The van der Waals surface area contributed by atoms with E-state index in [9.17, 15) is 9.59 Å². The van der Waals surface area contributed by atoms with Crippen molar-refractivity contribution in [3.63, 3.8) is 0 Å². The van der Waals surface area contributed by atoms with Crippen LogP contribution in [0.5, 0.6) is 0 Å². The third-order valence-electron chi connectivity index (χ3n) is 5.54. The van der Waals surface area contributed by atoms with Crippen LogP contribution < -0.4 is 10.9 Å². The minimum absolute atomic E-state index is 0.0119. The summed E-state index contributed by atoms with van der Waals surface area (Å²) in [5.74, 6) is 0.00442. The van der Waals surface area contributed by atoms with Gasteiger partial charge in [-0.15, -0.1) is 0 Å². The number of nitrogens with one attached hydrogen (secondary N) is 1. The molecule has 0 saturated carbocycles. The smallest absolute Gasteiger partial charge is 0.252 e. The van der Waals surface area contributed by atoms with Crippen molar-refractivity contribution in [2.75, 3.05) is 13.1 Å². The Labute approximate surface area is 188 Å². The second-order valence-electron chi connectivity index (χ2n) is 7.58. The number of rotatable bonds is 3. The summed E-state index contributed by atoms with van der Waals surface area (Å²) in [5, 5.41) is 3.31. The molecule has 2 aliphatic heterocycles. The SMILES string of the molecule is O=C(N[C@@H](N1C[C@@H]2C[C@H](C1)c1cccc(=O)n1C2)C(Cl)(Cl)Cl)c1cccc(Cl)c1. The van der Waals surface area contributed by atoms with E-state index < -0.39 is 9.96 Å². The average Bonchev–Trinajstić information content (AvgIpc) is 2.66. The predicted octanol–water partition coefficient (Wildman–Crippen LogP) is 4.05. The van der Waals surface area contributed by atoms with E-state index in [2.05, 4.69) is 5.32 Å². The zero-order valence-electron chi connectivity index (χ0n) is 15.3. The zero-order chi connectivity index (χ0) is 20.8. The number of alkyl halides is 3. The molecular formula is C20H19Cl4N3O2. The van der Waals surface area contributed by atoms with Gasteiger partial charge in [-0.05, 0) is 36.6 Å². The van der Waals surface area contributed by atoms with E-state index in [-0.39, 0.29) is 23.3 Å². The van der Waals surface area contributed by atoms with E-state index in [1.807, 2.05) is 15.5 Å². The van der Waals surface area contributed by atoms with Gasteiger partial charge in [0.15, 0.2) is 0 Å². The van der Waals surface area contributed by atoms with Gasteiger partial charge in [0.2, 0.25) is 3.79 Å². The lowest BCUT2D eigenvalue weighted by atomic mass is 9.83. The molecule has 0 aliphatic carbocycles. The Morgan fingerprint density at radius 2 is 1.86 bits per heavy atom. The van der Waals surface area contributed by atoms with E-state index in [0.29, 0.717) is 30.2 Å². The molecule has 3 heterocycles. The molecule has 1 aromatic heterocycles. The van der Waals surface area contributed by atoms with Crippen molar-refractivity contribution in [3.05, 3.63) is 69.1 Å². The van der Waals surface area contributed by atoms with Crippen molar-refractivity contribution in [1.82, 2.24) is 14.8 Å². The molecule has 1 saturated heterocycles. The normalized spacial score (nSPS) is 22.6. The van der Waals surface area contributed by atoms with Crippen molar-refractivity contribution >= 4 is 52.3 Å². The average molecular weight is 475 g/mol. The molecule has 0 radical (unpaired) electrons. The second kappa shape index (κ2) is 8.12. The van der Waals surface area contributed by atoms with Crippen LogP contribution in [0.15, 0.2) is 47.3 Å². The van der Waals surface area contributed by atoms with Gasteiger partial charge in [0, 0.05) is 47.9 Å². The number of carbonyl (C=O) groups is 1. The molecular weight excluding hydrogens is 456 g/mol. The Bertz CT molecular complexity index is 988. The number of carbonyl (C=O) groups excluding carboxylic acids is 1. The number of halogens is 4. The fourth-order valence-electron chi connectivity index (χ4n) is 4.36. The Morgan fingerprint density at radius 3 is 2.59 bits per heavy atom. The van der Waals surface area contributed by atoms with Gasteiger partial charge in [-0.25, -0.2) is 0 Å². The summed E-state index contributed by atoms with van der Waals surface area (Å²) in [4.78, 5) is 27.0. The molecule has 1 N–H and O–H groups in total. The van der Waals surface area contributed by atoms with Crippen LogP contribution in [0.4, 0.5) is 0 Å². The summed E-state index contributed by atoms with van der Waals surface area (Å²) >= 11 is 24.8. The van der Waals surface area contributed by atoms with E-state index in [1.165, 1.54) is 0 Å². The monoisotopic (exact) mass is 473 g/mol. The lowest BCUT2D eigenvalue weighted by molar-refractivity contribution is 0.0586. The lowest BCUT2D eigenvalue weighted by Gasteiger charge is -2.47. The maximum atomic E-state index is 12.8. The highest BCUT2D eigenvalue weighted by molar-refractivity contribution is 6.68. The first-order chi connectivity index (χ1) is 13.7. The minimum Gasteiger partial charge on any atom is -0.332 e. The highest BCUT2D eigenvalue weighted by atomic mass is 35.6. The first-order valence-corrected chi connectivity index (χ1v) is 10.8.